The van der Waals surface area contributed by atoms with Gasteiger partial charge < -0.3 is 15.0 Å². The molecular formula is C16H20N2O2. The molecule has 1 heterocycles. The normalized spacial score (nSPS) is 10.3. The van der Waals surface area contributed by atoms with E-state index in [4.69, 9.17) is 4.74 Å². The van der Waals surface area contributed by atoms with Gasteiger partial charge in [0.2, 0.25) is 0 Å². The number of amides is 1. The third kappa shape index (κ3) is 4.16. The lowest BCUT2D eigenvalue weighted by Gasteiger charge is -2.07. The first-order valence-electron chi connectivity index (χ1n) is 6.75. The number of hydrogen-bond acceptors (Lipinski definition) is 2. The number of aromatic amines is 1. The molecule has 2 aromatic rings. The fraction of sp³-hybridized carbons (Fsp3) is 0.312. The lowest BCUT2D eigenvalue weighted by atomic mass is 10.2. The Bertz CT molecular complexity index is 561. The topological polar surface area (TPSA) is 54.1 Å². The molecule has 2 rings (SSSR count). The summed E-state index contributed by atoms with van der Waals surface area (Å²) in [6.45, 7) is 4.94. The summed E-state index contributed by atoms with van der Waals surface area (Å²) in [6.07, 6.45) is 0.426. The maximum Gasteiger partial charge on any atom is 0.407 e. The predicted molar refractivity (Wildman–Crippen MR) is 78.6 cm³/mol. The van der Waals surface area contributed by atoms with Crippen molar-refractivity contribution in [3.63, 3.8) is 0 Å². The molecule has 0 unspecified atom stereocenters. The van der Waals surface area contributed by atoms with Crippen molar-refractivity contribution in [1.29, 1.82) is 0 Å². The van der Waals surface area contributed by atoms with Crippen LogP contribution in [-0.2, 0) is 17.8 Å². The molecule has 0 saturated heterocycles. The maximum absolute atomic E-state index is 11.6. The number of carbonyl (C=O) groups is 1. The van der Waals surface area contributed by atoms with E-state index in [9.17, 15) is 4.79 Å². The van der Waals surface area contributed by atoms with E-state index in [0.717, 1.165) is 23.4 Å². The second-order valence-electron chi connectivity index (χ2n) is 4.84. The van der Waals surface area contributed by atoms with Crippen LogP contribution in [0.3, 0.4) is 0 Å². The summed E-state index contributed by atoms with van der Waals surface area (Å²) in [4.78, 5) is 14.8. The van der Waals surface area contributed by atoms with Gasteiger partial charge in [0.05, 0.1) is 0 Å². The number of rotatable bonds is 5. The van der Waals surface area contributed by atoms with Crippen molar-refractivity contribution in [2.24, 2.45) is 0 Å². The minimum absolute atomic E-state index is 0.301. The van der Waals surface area contributed by atoms with E-state index in [1.165, 1.54) is 5.56 Å². The van der Waals surface area contributed by atoms with Crippen LogP contribution in [0.15, 0.2) is 36.4 Å². The van der Waals surface area contributed by atoms with Crippen molar-refractivity contribution in [2.45, 2.75) is 26.9 Å². The summed E-state index contributed by atoms with van der Waals surface area (Å²) in [7, 11) is 0. The summed E-state index contributed by atoms with van der Waals surface area (Å²) in [5, 5.41) is 2.76. The lowest BCUT2D eigenvalue weighted by molar-refractivity contribution is 0.140. The van der Waals surface area contributed by atoms with Gasteiger partial charge in [-0.2, -0.15) is 0 Å². The van der Waals surface area contributed by atoms with E-state index < -0.39 is 0 Å². The van der Waals surface area contributed by atoms with Crippen LogP contribution in [0.25, 0.3) is 0 Å². The molecule has 0 radical (unpaired) electrons. The number of aromatic nitrogens is 1. The van der Waals surface area contributed by atoms with Crippen molar-refractivity contribution in [3.05, 3.63) is 58.9 Å². The molecule has 0 atom stereocenters. The molecule has 4 heteroatoms. The minimum atomic E-state index is -0.376. The highest BCUT2D eigenvalue weighted by Gasteiger charge is 2.05. The van der Waals surface area contributed by atoms with E-state index in [1.807, 2.05) is 44.2 Å². The highest BCUT2D eigenvalue weighted by Crippen LogP contribution is 2.09. The van der Waals surface area contributed by atoms with Crippen molar-refractivity contribution in [3.8, 4) is 0 Å². The smallest absolute Gasteiger partial charge is 0.407 e. The van der Waals surface area contributed by atoms with Crippen molar-refractivity contribution in [2.75, 3.05) is 6.54 Å². The van der Waals surface area contributed by atoms with Crippen LogP contribution in [0.4, 0.5) is 4.79 Å². The number of aryl methyl sites for hydroxylation is 2. The molecule has 1 amide bonds. The number of alkyl carbamates (subject to hydrolysis) is 1. The van der Waals surface area contributed by atoms with Crippen LogP contribution in [0.5, 0.6) is 0 Å². The Labute approximate surface area is 119 Å². The Morgan fingerprint density at radius 1 is 1.25 bits per heavy atom. The minimum Gasteiger partial charge on any atom is -0.445 e. The van der Waals surface area contributed by atoms with Gasteiger partial charge in [-0.25, -0.2) is 4.79 Å². The SMILES string of the molecule is Cc1cc(CCNC(=O)OCc2ccccc2)c(C)[nH]1. The third-order valence-electron chi connectivity index (χ3n) is 3.13. The average molecular weight is 272 g/mol. The molecule has 4 nitrogen and oxygen atoms in total. The largest absolute Gasteiger partial charge is 0.445 e. The van der Waals surface area contributed by atoms with Gasteiger partial charge in [0.25, 0.3) is 0 Å². The van der Waals surface area contributed by atoms with Crippen molar-refractivity contribution < 1.29 is 9.53 Å². The molecule has 0 spiro atoms. The lowest BCUT2D eigenvalue weighted by Crippen LogP contribution is -2.26. The predicted octanol–water partition coefficient (Wildman–Crippen LogP) is 3.10. The monoisotopic (exact) mass is 272 g/mol. The number of carbonyl (C=O) groups excluding carboxylic acids is 1. The molecule has 0 fully saturated rings. The summed E-state index contributed by atoms with van der Waals surface area (Å²) in [5.41, 5.74) is 4.51. The molecule has 1 aromatic heterocycles. The van der Waals surface area contributed by atoms with Gasteiger partial charge in [-0.15, -0.1) is 0 Å². The zero-order valence-electron chi connectivity index (χ0n) is 11.9. The second kappa shape index (κ2) is 6.80. The first kappa shape index (κ1) is 14.2. The van der Waals surface area contributed by atoms with Gasteiger partial charge >= 0.3 is 6.09 Å². The van der Waals surface area contributed by atoms with Crippen molar-refractivity contribution >= 4 is 6.09 Å². The van der Waals surface area contributed by atoms with E-state index in [0.29, 0.717) is 13.2 Å². The Morgan fingerprint density at radius 3 is 2.65 bits per heavy atom. The number of ether oxygens (including phenoxy) is 1. The fourth-order valence-electron chi connectivity index (χ4n) is 2.11. The molecule has 1 aromatic carbocycles. The van der Waals surface area contributed by atoms with Crippen LogP contribution in [0, 0.1) is 13.8 Å². The van der Waals surface area contributed by atoms with Gasteiger partial charge in [-0.3, -0.25) is 0 Å². The molecular weight excluding hydrogens is 252 g/mol. The molecule has 0 bridgehead atoms. The zero-order chi connectivity index (χ0) is 14.4. The van der Waals surface area contributed by atoms with E-state index >= 15 is 0 Å². The third-order valence-corrected chi connectivity index (χ3v) is 3.13. The average Bonchev–Trinajstić information content (AvgIpc) is 2.76. The Kier molecular flexibility index (Phi) is 4.82. The van der Waals surface area contributed by atoms with Crippen LogP contribution >= 0.6 is 0 Å². The first-order valence-corrected chi connectivity index (χ1v) is 6.75. The highest BCUT2D eigenvalue weighted by molar-refractivity contribution is 5.67. The molecule has 0 aliphatic rings. The summed E-state index contributed by atoms with van der Waals surface area (Å²) >= 11 is 0. The first-order chi connectivity index (χ1) is 9.65. The van der Waals surface area contributed by atoms with Crippen LogP contribution in [0.2, 0.25) is 0 Å². The second-order valence-corrected chi connectivity index (χ2v) is 4.84. The molecule has 0 aliphatic heterocycles. The van der Waals surface area contributed by atoms with E-state index in [1.54, 1.807) is 0 Å². The molecule has 0 saturated carbocycles. The Hall–Kier alpha value is -2.23. The summed E-state index contributed by atoms with van der Waals surface area (Å²) in [5.74, 6) is 0. The molecule has 106 valence electrons. The van der Waals surface area contributed by atoms with Crippen molar-refractivity contribution in [1.82, 2.24) is 10.3 Å². The van der Waals surface area contributed by atoms with Gasteiger partial charge in [0, 0.05) is 17.9 Å². The number of benzene rings is 1. The number of H-pyrrole nitrogens is 1. The maximum atomic E-state index is 11.6. The van der Waals surface area contributed by atoms with Gasteiger partial charge in [0.15, 0.2) is 0 Å². The van der Waals surface area contributed by atoms with E-state index in [-0.39, 0.29) is 6.09 Å². The number of hydrogen-bond donors (Lipinski definition) is 2. The van der Waals surface area contributed by atoms with Crippen LogP contribution < -0.4 is 5.32 Å². The fourth-order valence-corrected chi connectivity index (χ4v) is 2.11. The summed E-state index contributed by atoms with van der Waals surface area (Å²) in [6, 6.07) is 11.7. The Morgan fingerprint density at radius 2 is 2.00 bits per heavy atom. The standard InChI is InChI=1S/C16H20N2O2/c1-12-10-15(13(2)18-12)8-9-17-16(19)20-11-14-6-4-3-5-7-14/h3-7,10,18H,8-9,11H2,1-2H3,(H,17,19). The van der Waals surface area contributed by atoms with Gasteiger partial charge in [0.1, 0.15) is 6.61 Å². The molecule has 2 N–H and O–H groups in total. The van der Waals surface area contributed by atoms with Crippen LogP contribution in [0.1, 0.15) is 22.5 Å². The zero-order valence-corrected chi connectivity index (χ0v) is 11.9. The van der Waals surface area contributed by atoms with E-state index in [2.05, 4.69) is 16.4 Å². The molecule has 0 aliphatic carbocycles. The van der Waals surface area contributed by atoms with Crippen LogP contribution in [-0.4, -0.2) is 17.6 Å². The van der Waals surface area contributed by atoms with Gasteiger partial charge in [-0.05, 0) is 37.5 Å². The quantitative estimate of drug-likeness (QED) is 0.878. The Balaban J connectivity index is 1.69. The highest BCUT2D eigenvalue weighted by atomic mass is 16.5. The summed E-state index contributed by atoms with van der Waals surface area (Å²) < 4.78 is 5.14. The molecule has 20 heavy (non-hydrogen) atoms. The van der Waals surface area contributed by atoms with Gasteiger partial charge in [-0.1, -0.05) is 30.3 Å². The number of nitrogens with one attached hydrogen (secondary N) is 2.